The molecule has 0 saturated heterocycles. The molecule has 36 heavy (non-hydrogen) atoms. The van der Waals surface area contributed by atoms with Crippen LogP contribution in [0.1, 0.15) is 24.8 Å². The summed E-state index contributed by atoms with van der Waals surface area (Å²) in [5, 5.41) is 8.96. The fourth-order valence-electron chi connectivity index (χ4n) is 2.65. The third kappa shape index (κ3) is 4.84. The van der Waals surface area contributed by atoms with E-state index in [0.717, 1.165) is 12.4 Å². The lowest BCUT2D eigenvalue weighted by Crippen LogP contribution is -2.74. The Morgan fingerprint density at radius 1 is 0.528 bits per heavy atom. The summed E-state index contributed by atoms with van der Waals surface area (Å²) in [4.78, 5) is 0. The van der Waals surface area contributed by atoms with Crippen molar-refractivity contribution in [2.75, 3.05) is 0 Å². The maximum atomic E-state index is 13.8. The highest BCUT2D eigenvalue weighted by Crippen LogP contribution is 2.64. The molecule has 0 aromatic carbocycles. The molecule has 1 rings (SSSR count). The van der Waals surface area contributed by atoms with E-state index in [1.54, 1.807) is 0 Å². The number of pyridine rings is 1. The van der Waals surface area contributed by atoms with Gasteiger partial charge in [0.05, 0.1) is 0 Å². The predicted octanol–water partition coefficient (Wildman–Crippen LogP) is 6.93. The maximum absolute atomic E-state index is 13.8. The Morgan fingerprint density at radius 2 is 0.889 bits per heavy atom. The summed E-state index contributed by atoms with van der Waals surface area (Å²) in [5.74, 6) is -56.1. The molecule has 1 heterocycles. The van der Waals surface area contributed by atoms with Crippen LogP contribution in [0.25, 0.3) is 0 Å². The normalized spacial score (nSPS) is 15.4. The first-order valence-corrected chi connectivity index (χ1v) is 9.13. The van der Waals surface area contributed by atoms with Crippen LogP contribution < -0.4 is 4.73 Å². The van der Waals surface area contributed by atoms with Crippen molar-refractivity contribution in [3.05, 3.63) is 30.1 Å². The van der Waals surface area contributed by atoms with Gasteiger partial charge in [0.1, 0.15) is 0 Å². The summed E-state index contributed by atoms with van der Waals surface area (Å²) in [6.45, 7) is 0. The number of rotatable bonds is 11. The molecule has 0 fully saturated rings. The molecule has 0 aliphatic carbocycles. The van der Waals surface area contributed by atoms with Gasteiger partial charge in [-0.15, -0.1) is 0 Å². The number of hydrogen-bond donors (Lipinski definition) is 1. The molecular formula is C17H13F17NO+. The van der Waals surface area contributed by atoms with Gasteiger partial charge in [-0.1, -0.05) is 0 Å². The molecule has 0 amide bonds. The van der Waals surface area contributed by atoms with E-state index < -0.39 is 66.9 Å². The van der Waals surface area contributed by atoms with E-state index in [9.17, 15) is 74.6 Å². The van der Waals surface area contributed by atoms with E-state index in [-0.39, 0.29) is 12.0 Å². The van der Waals surface area contributed by atoms with Crippen LogP contribution in [0.2, 0.25) is 0 Å². The molecule has 0 aliphatic rings. The van der Waals surface area contributed by atoms with Gasteiger partial charge in [0.25, 0.3) is 0 Å². The van der Waals surface area contributed by atoms with Gasteiger partial charge in [0.15, 0.2) is 0 Å². The molecular weight excluding hydrogens is 557 g/mol. The molecule has 1 aromatic rings. The molecule has 210 valence electrons. The minimum Gasteiger partial charge on any atom is -0.285 e. The minimum absolute atomic E-state index is 0.250. The number of aryl methyl sites for hydroxylation is 1. The average molecular weight is 570 g/mol. The van der Waals surface area contributed by atoms with Crippen LogP contribution in [-0.2, 0) is 6.42 Å². The van der Waals surface area contributed by atoms with E-state index in [2.05, 4.69) is 0 Å². The SMILES string of the molecule is O[n+]1ccc(CCCCC(F)(F)C(F)(F)C(F)(F)C(F)(F)C(F)(F)C(F)(F)C(F)(F)C(F)(F)F)cc1. The lowest BCUT2D eigenvalue weighted by molar-refractivity contribution is -0.904. The van der Waals surface area contributed by atoms with E-state index in [0.29, 0.717) is 4.73 Å². The van der Waals surface area contributed by atoms with Crippen LogP contribution in [0.4, 0.5) is 74.6 Å². The zero-order valence-electron chi connectivity index (χ0n) is 17.0. The molecule has 19 heteroatoms. The highest BCUT2D eigenvalue weighted by atomic mass is 19.4. The van der Waals surface area contributed by atoms with Crippen LogP contribution in [0.15, 0.2) is 24.5 Å². The fourth-order valence-corrected chi connectivity index (χ4v) is 2.65. The molecule has 1 aromatic heterocycles. The van der Waals surface area contributed by atoms with Crippen molar-refractivity contribution < 1.29 is 84.6 Å². The van der Waals surface area contributed by atoms with Gasteiger partial charge in [-0.05, 0) is 24.8 Å². The van der Waals surface area contributed by atoms with Gasteiger partial charge in [0.2, 0.25) is 12.4 Å². The summed E-state index contributed by atoms with van der Waals surface area (Å²) in [6, 6.07) is 2.33. The Kier molecular flexibility index (Phi) is 8.17. The number of hydrogen-bond acceptors (Lipinski definition) is 1. The number of alkyl halides is 17. The quantitative estimate of drug-likeness (QED) is 0.133. The van der Waals surface area contributed by atoms with Gasteiger partial charge >= 0.3 is 47.6 Å². The highest BCUT2D eigenvalue weighted by Gasteiger charge is 2.95. The van der Waals surface area contributed by atoms with Crippen molar-refractivity contribution in [1.82, 2.24) is 0 Å². The highest BCUT2D eigenvalue weighted by molar-refractivity contribution is 5.15. The molecule has 1 N–H and O–H groups in total. The summed E-state index contributed by atoms with van der Waals surface area (Å²) in [6.07, 6.45) is -10.2. The molecule has 2 nitrogen and oxygen atoms in total. The van der Waals surface area contributed by atoms with Crippen LogP contribution >= 0.6 is 0 Å². The Bertz CT molecular complexity index is 891. The van der Waals surface area contributed by atoms with Gasteiger partial charge in [-0.3, -0.25) is 5.21 Å². The third-order valence-electron chi connectivity index (χ3n) is 4.88. The van der Waals surface area contributed by atoms with Gasteiger partial charge in [-0.2, -0.15) is 74.6 Å². The van der Waals surface area contributed by atoms with Gasteiger partial charge in [-0.25, -0.2) is 0 Å². The Labute approximate surface area is 189 Å². The molecule has 0 aliphatic heterocycles. The van der Waals surface area contributed by atoms with Crippen molar-refractivity contribution >= 4 is 0 Å². The van der Waals surface area contributed by atoms with E-state index in [1.165, 1.54) is 12.1 Å². The van der Waals surface area contributed by atoms with E-state index in [1.807, 2.05) is 0 Å². The molecule has 0 unspecified atom stereocenters. The first-order valence-electron chi connectivity index (χ1n) is 9.13. The maximum Gasteiger partial charge on any atom is 0.460 e. The minimum atomic E-state index is -8.61. The number of nitrogens with zero attached hydrogens (tertiary/aromatic N) is 1. The van der Waals surface area contributed by atoms with Crippen molar-refractivity contribution in [3.8, 4) is 0 Å². The first kappa shape index (κ1) is 31.8. The Hall–Kier alpha value is -2.24. The summed E-state index contributed by atoms with van der Waals surface area (Å²) < 4.78 is 224. The monoisotopic (exact) mass is 570 g/mol. The zero-order chi connectivity index (χ0) is 28.8. The second-order valence-electron chi connectivity index (χ2n) is 7.44. The number of unbranched alkanes of at least 4 members (excludes halogenated alkanes) is 1. The van der Waals surface area contributed by atoms with Crippen molar-refractivity contribution in [1.29, 1.82) is 0 Å². The smallest absolute Gasteiger partial charge is 0.285 e. The number of aromatic nitrogens is 1. The van der Waals surface area contributed by atoms with Crippen LogP contribution in [0.5, 0.6) is 0 Å². The fraction of sp³-hybridized carbons (Fsp3) is 0.706. The van der Waals surface area contributed by atoms with Crippen LogP contribution in [0, 0.1) is 0 Å². The summed E-state index contributed by atoms with van der Waals surface area (Å²) in [7, 11) is 0. The van der Waals surface area contributed by atoms with Crippen molar-refractivity contribution in [2.24, 2.45) is 0 Å². The molecule has 0 saturated carbocycles. The first-order chi connectivity index (χ1) is 15.7. The second kappa shape index (κ2) is 9.25. The van der Waals surface area contributed by atoms with E-state index in [4.69, 9.17) is 5.21 Å². The standard InChI is InChI=1S/C17H13F17NO/c18-10(19,6-2-1-3-9-4-7-35(36)8-5-9)11(20,21)12(22,23)13(24,25)14(26,27)15(28,29)16(30,31)17(32,33)34/h4-5,7-8,36H,1-3,6H2/q+1. The lowest BCUT2D eigenvalue weighted by Gasteiger charge is -2.42. The van der Waals surface area contributed by atoms with Gasteiger partial charge in [0, 0.05) is 23.3 Å². The lowest BCUT2D eigenvalue weighted by atomic mass is 9.87. The van der Waals surface area contributed by atoms with Crippen molar-refractivity contribution in [2.45, 2.75) is 73.3 Å². The van der Waals surface area contributed by atoms with Crippen LogP contribution in [-0.4, -0.2) is 52.8 Å². The predicted molar refractivity (Wildman–Crippen MR) is 82.1 cm³/mol. The summed E-state index contributed by atoms with van der Waals surface area (Å²) >= 11 is 0. The molecule has 0 atom stereocenters. The van der Waals surface area contributed by atoms with Crippen molar-refractivity contribution in [3.63, 3.8) is 0 Å². The Morgan fingerprint density at radius 3 is 1.28 bits per heavy atom. The largest absolute Gasteiger partial charge is 0.460 e. The summed E-state index contributed by atoms with van der Waals surface area (Å²) in [5.41, 5.74) is 0.250. The Balaban J connectivity index is 3.23. The average Bonchev–Trinajstić information content (AvgIpc) is 2.70. The topological polar surface area (TPSA) is 24.1 Å². The molecule has 0 radical (unpaired) electrons. The second-order valence-corrected chi connectivity index (χ2v) is 7.44. The van der Waals surface area contributed by atoms with Gasteiger partial charge < -0.3 is 0 Å². The van der Waals surface area contributed by atoms with Crippen LogP contribution in [0.3, 0.4) is 0 Å². The number of halogens is 17. The zero-order valence-corrected chi connectivity index (χ0v) is 17.0. The molecule has 0 spiro atoms. The molecule has 0 bridgehead atoms. The third-order valence-corrected chi connectivity index (χ3v) is 4.88. The van der Waals surface area contributed by atoms with E-state index >= 15 is 0 Å².